The zero-order chi connectivity index (χ0) is 19.1. The number of aryl methyl sites for hydroxylation is 2. The van der Waals surface area contributed by atoms with Crippen LogP contribution in [0.5, 0.6) is 5.75 Å². The predicted molar refractivity (Wildman–Crippen MR) is 122 cm³/mol. The fraction of sp³-hybridized carbons (Fsp3) is 0.474. The van der Waals surface area contributed by atoms with Crippen LogP contribution in [0.15, 0.2) is 29.3 Å². The number of ether oxygens (including phenoxy) is 1. The van der Waals surface area contributed by atoms with Crippen molar-refractivity contribution in [1.29, 1.82) is 0 Å². The van der Waals surface area contributed by atoms with Crippen LogP contribution in [0.3, 0.4) is 0 Å². The third kappa shape index (κ3) is 6.88. The van der Waals surface area contributed by atoms with Crippen molar-refractivity contribution in [3.05, 3.63) is 46.2 Å². The van der Waals surface area contributed by atoms with Gasteiger partial charge in [-0.2, -0.15) is 5.10 Å². The molecule has 1 unspecified atom stereocenters. The van der Waals surface area contributed by atoms with Crippen molar-refractivity contribution in [3.63, 3.8) is 0 Å². The normalized spacial score (nSPS) is 12.3. The topological polar surface area (TPSA) is 63.5 Å². The molecule has 2 rings (SSSR count). The first-order valence-electron chi connectivity index (χ1n) is 8.84. The van der Waals surface area contributed by atoms with Gasteiger partial charge in [-0.1, -0.05) is 23.7 Å². The molecular weight excluding hydrogens is 477 g/mol. The maximum atomic E-state index is 6.14. The van der Waals surface area contributed by atoms with Gasteiger partial charge >= 0.3 is 0 Å². The molecule has 0 aliphatic carbocycles. The summed E-state index contributed by atoms with van der Waals surface area (Å²) in [6.45, 7) is 10.1. The van der Waals surface area contributed by atoms with Gasteiger partial charge in [-0.25, -0.2) is 4.99 Å². The van der Waals surface area contributed by atoms with Crippen LogP contribution in [0.1, 0.15) is 30.8 Å². The second-order valence-electron chi connectivity index (χ2n) is 6.21. The van der Waals surface area contributed by atoms with Crippen LogP contribution in [-0.4, -0.2) is 34.9 Å². The van der Waals surface area contributed by atoms with Gasteiger partial charge < -0.3 is 15.4 Å². The van der Waals surface area contributed by atoms with Gasteiger partial charge in [0.1, 0.15) is 11.9 Å². The number of benzene rings is 1. The molecule has 0 saturated heterocycles. The van der Waals surface area contributed by atoms with E-state index < -0.39 is 0 Å². The number of halogens is 2. The van der Waals surface area contributed by atoms with Crippen molar-refractivity contribution >= 4 is 41.5 Å². The van der Waals surface area contributed by atoms with Crippen LogP contribution in [0.2, 0.25) is 5.02 Å². The molecule has 0 fully saturated rings. The molecule has 1 heterocycles. The summed E-state index contributed by atoms with van der Waals surface area (Å²) < 4.78 is 7.78. The largest absolute Gasteiger partial charge is 0.487 e. The lowest BCUT2D eigenvalue weighted by Crippen LogP contribution is -2.41. The maximum Gasteiger partial charge on any atom is 0.191 e. The monoisotopic (exact) mass is 505 g/mol. The first kappa shape index (κ1) is 23.6. The molecule has 27 heavy (non-hydrogen) atoms. The lowest BCUT2D eigenvalue weighted by atomic mass is 10.2. The summed E-state index contributed by atoms with van der Waals surface area (Å²) in [6.07, 6.45) is -0.0550. The number of rotatable bonds is 7. The Balaban J connectivity index is 0.00000364. The molecule has 1 atom stereocenters. The van der Waals surface area contributed by atoms with E-state index in [-0.39, 0.29) is 30.1 Å². The molecule has 1 aromatic heterocycles. The SMILES string of the molecule is CCNC(=NCc1c(C)nn(C)c1C)NCC(C)Oc1ccccc1Cl.I. The number of nitrogens with one attached hydrogen (secondary N) is 2. The Morgan fingerprint density at radius 2 is 2.00 bits per heavy atom. The van der Waals surface area contributed by atoms with Crippen LogP contribution in [0, 0.1) is 13.8 Å². The summed E-state index contributed by atoms with van der Waals surface area (Å²) in [7, 11) is 1.95. The first-order valence-corrected chi connectivity index (χ1v) is 9.22. The predicted octanol–water partition coefficient (Wildman–Crippen LogP) is 3.83. The van der Waals surface area contributed by atoms with Gasteiger partial charge in [0.25, 0.3) is 0 Å². The third-order valence-corrected chi connectivity index (χ3v) is 4.43. The standard InChI is InChI=1S/C19H28ClN5O.HI/c1-6-21-19(23-12-16-14(3)24-25(5)15(16)4)22-11-13(2)26-18-10-8-7-9-17(18)20;/h7-10,13H,6,11-12H2,1-5H3,(H2,21,22,23);1H. The maximum absolute atomic E-state index is 6.14. The van der Waals surface area contributed by atoms with Gasteiger partial charge in [0.2, 0.25) is 0 Å². The van der Waals surface area contributed by atoms with Gasteiger partial charge in [0.15, 0.2) is 5.96 Å². The molecule has 6 nitrogen and oxygen atoms in total. The highest BCUT2D eigenvalue weighted by Crippen LogP contribution is 2.24. The van der Waals surface area contributed by atoms with E-state index in [1.165, 1.54) is 0 Å². The zero-order valence-electron chi connectivity index (χ0n) is 16.5. The van der Waals surface area contributed by atoms with Crippen LogP contribution < -0.4 is 15.4 Å². The molecule has 0 saturated carbocycles. The van der Waals surface area contributed by atoms with E-state index in [1.807, 2.05) is 56.8 Å². The van der Waals surface area contributed by atoms with Gasteiger partial charge in [-0.15, -0.1) is 24.0 Å². The second kappa shape index (κ2) is 11.4. The van der Waals surface area contributed by atoms with E-state index in [0.717, 1.165) is 29.5 Å². The number of nitrogens with zero attached hydrogens (tertiary/aromatic N) is 3. The summed E-state index contributed by atoms with van der Waals surface area (Å²) in [6, 6.07) is 7.48. The quantitative estimate of drug-likeness (QED) is 0.341. The molecule has 0 amide bonds. The van der Waals surface area contributed by atoms with Gasteiger partial charge in [0, 0.05) is 24.8 Å². The average molecular weight is 506 g/mol. The minimum Gasteiger partial charge on any atom is -0.487 e. The lowest BCUT2D eigenvalue weighted by Gasteiger charge is -2.18. The van der Waals surface area contributed by atoms with Gasteiger partial charge in [0.05, 0.1) is 23.8 Å². The molecule has 0 bridgehead atoms. The zero-order valence-corrected chi connectivity index (χ0v) is 19.6. The van der Waals surface area contributed by atoms with Crippen molar-refractivity contribution < 1.29 is 4.74 Å². The minimum absolute atomic E-state index is 0. The molecule has 0 aliphatic rings. The number of hydrogen-bond acceptors (Lipinski definition) is 3. The van der Waals surface area contributed by atoms with Crippen molar-refractivity contribution in [2.75, 3.05) is 13.1 Å². The van der Waals surface area contributed by atoms with Gasteiger partial charge in [-0.3, -0.25) is 4.68 Å². The third-order valence-electron chi connectivity index (χ3n) is 4.12. The van der Waals surface area contributed by atoms with Crippen molar-refractivity contribution in [3.8, 4) is 5.75 Å². The Morgan fingerprint density at radius 1 is 1.30 bits per heavy atom. The summed E-state index contributed by atoms with van der Waals surface area (Å²) in [5.41, 5.74) is 3.31. The van der Waals surface area contributed by atoms with E-state index in [1.54, 1.807) is 0 Å². The Hall–Kier alpha value is -1.48. The Labute approximate surface area is 183 Å². The van der Waals surface area contributed by atoms with E-state index in [9.17, 15) is 0 Å². The number of aliphatic imine (C=N–C) groups is 1. The second-order valence-corrected chi connectivity index (χ2v) is 6.62. The number of guanidine groups is 1. The number of para-hydroxylation sites is 1. The summed E-state index contributed by atoms with van der Waals surface area (Å²) in [5, 5.41) is 11.6. The Bertz CT molecular complexity index is 763. The molecule has 2 aromatic rings. The molecule has 150 valence electrons. The Morgan fingerprint density at radius 3 is 2.59 bits per heavy atom. The minimum atomic E-state index is -0.0550. The molecule has 0 radical (unpaired) electrons. The smallest absolute Gasteiger partial charge is 0.191 e. The van der Waals surface area contributed by atoms with E-state index >= 15 is 0 Å². The fourth-order valence-corrected chi connectivity index (χ4v) is 2.77. The van der Waals surface area contributed by atoms with Crippen molar-refractivity contribution in [2.45, 2.75) is 40.3 Å². The van der Waals surface area contributed by atoms with Crippen molar-refractivity contribution in [2.24, 2.45) is 12.0 Å². The Kier molecular flexibility index (Phi) is 9.93. The van der Waals surface area contributed by atoms with E-state index in [4.69, 9.17) is 16.3 Å². The summed E-state index contributed by atoms with van der Waals surface area (Å²) in [5.74, 6) is 1.44. The highest BCUT2D eigenvalue weighted by Gasteiger charge is 2.10. The van der Waals surface area contributed by atoms with Crippen LogP contribution in [0.4, 0.5) is 0 Å². The van der Waals surface area contributed by atoms with Gasteiger partial charge in [-0.05, 0) is 39.8 Å². The van der Waals surface area contributed by atoms with Crippen LogP contribution >= 0.6 is 35.6 Å². The first-order chi connectivity index (χ1) is 12.4. The summed E-state index contributed by atoms with van der Waals surface area (Å²) in [4.78, 5) is 4.67. The lowest BCUT2D eigenvalue weighted by molar-refractivity contribution is 0.224. The molecule has 8 heteroatoms. The molecule has 1 aromatic carbocycles. The molecular formula is C19H29ClIN5O. The molecule has 0 aliphatic heterocycles. The van der Waals surface area contributed by atoms with Crippen molar-refractivity contribution in [1.82, 2.24) is 20.4 Å². The van der Waals surface area contributed by atoms with Crippen LogP contribution in [0.25, 0.3) is 0 Å². The number of hydrogen-bond donors (Lipinski definition) is 2. The van der Waals surface area contributed by atoms with Crippen LogP contribution in [-0.2, 0) is 13.6 Å². The highest BCUT2D eigenvalue weighted by molar-refractivity contribution is 14.0. The van der Waals surface area contributed by atoms with E-state index in [2.05, 4.69) is 27.6 Å². The molecule has 0 spiro atoms. The average Bonchev–Trinajstić information content (AvgIpc) is 2.85. The van der Waals surface area contributed by atoms with E-state index in [0.29, 0.717) is 23.9 Å². The fourth-order valence-electron chi connectivity index (χ4n) is 2.59. The highest BCUT2D eigenvalue weighted by atomic mass is 127. The summed E-state index contributed by atoms with van der Waals surface area (Å²) >= 11 is 6.14. The number of aromatic nitrogens is 2. The molecule has 2 N–H and O–H groups in total.